The van der Waals surface area contributed by atoms with Gasteiger partial charge in [0.25, 0.3) is 11.5 Å². The summed E-state index contributed by atoms with van der Waals surface area (Å²) in [5.74, 6) is -0.407. The van der Waals surface area contributed by atoms with E-state index < -0.39 is 23.2 Å². The largest absolute Gasteiger partial charge is 0.463 e. The van der Waals surface area contributed by atoms with Crippen LogP contribution >= 0.6 is 0 Å². The Kier molecular flexibility index (Phi) is 5.72. The van der Waals surface area contributed by atoms with Crippen LogP contribution in [0.15, 0.2) is 94.3 Å². The fourth-order valence-corrected chi connectivity index (χ4v) is 3.50. The Hall–Kier alpha value is -4.93. The second-order valence-electron chi connectivity index (χ2n) is 7.66. The number of carbonyl (C=O) groups excluding carboxylic acids is 1. The van der Waals surface area contributed by atoms with Crippen LogP contribution in [0.4, 0.5) is 19.0 Å². The van der Waals surface area contributed by atoms with E-state index in [9.17, 15) is 22.8 Å². The fourth-order valence-electron chi connectivity index (χ4n) is 3.50. The maximum atomic E-state index is 13.1. The van der Waals surface area contributed by atoms with Crippen LogP contribution in [-0.2, 0) is 6.18 Å². The molecule has 0 saturated heterocycles. The first-order chi connectivity index (χ1) is 17.3. The molecule has 0 saturated carbocycles. The van der Waals surface area contributed by atoms with Crippen molar-refractivity contribution in [1.29, 1.82) is 0 Å². The van der Waals surface area contributed by atoms with Gasteiger partial charge in [-0.3, -0.25) is 14.6 Å². The van der Waals surface area contributed by atoms with Crippen molar-refractivity contribution in [3.8, 4) is 28.7 Å². The van der Waals surface area contributed by atoms with Crippen LogP contribution < -0.4 is 10.9 Å². The maximum Gasteiger partial charge on any atom is 0.416 e. The number of carbonyl (C=O) groups is 1. The van der Waals surface area contributed by atoms with Crippen LogP contribution in [0.5, 0.6) is 0 Å². The minimum Gasteiger partial charge on any atom is -0.463 e. The third-order valence-electron chi connectivity index (χ3n) is 5.18. The molecule has 0 spiro atoms. The van der Waals surface area contributed by atoms with Gasteiger partial charge >= 0.3 is 6.18 Å². The highest BCUT2D eigenvalue weighted by Gasteiger charge is 2.31. The molecule has 180 valence electrons. The van der Waals surface area contributed by atoms with Crippen LogP contribution in [0.2, 0.25) is 0 Å². The first-order valence-electron chi connectivity index (χ1n) is 10.6. The lowest BCUT2D eigenvalue weighted by Crippen LogP contribution is -2.19. The molecule has 2 N–H and O–H groups in total. The lowest BCUT2D eigenvalue weighted by molar-refractivity contribution is -0.137. The lowest BCUT2D eigenvalue weighted by atomic mass is 10.1. The molecule has 0 aliphatic rings. The molecule has 5 aromatic rings. The van der Waals surface area contributed by atoms with E-state index in [1.807, 2.05) is 6.07 Å². The first-order valence-corrected chi connectivity index (χ1v) is 10.6. The predicted octanol–water partition coefficient (Wildman–Crippen LogP) is 5.15. The summed E-state index contributed by atoms with van der Waals surface area (Å²) < 4.78 is 45.9. The number of aromatic amines is 1. The van der Waals surface area contributed by atoms with Crippen molar-refractivity contribution in [1.82, 2.24) is 19.7 Å². The Morgan fingerprint density at radius 1 is 0.944 bits per heavy atom. The van der Waals surface area contributed by atoms with Crippen molar-refractivity contribution in [2.24, 2.45) is 0 Å². The predicted molar refractivity (Wildman–Crippen MR) is 125 cm³/mol. The summed E-state index contributed by atoms with van der Waals surface area (Å²) in [5.41, 5.74) is -0.299. The molecule has 0 bridgehead atoms. The zero-order chi connectivity index (χ0) is 25.3. The first kappa shape index (κ1) is 22.8. The Bertz CT molecular complexity index is 1590. The Morgan fingerprint density at radius 3 is 2.47 bits per heavy atom. The molecule has 8 nitrogen and oxygen atoms in total. The molecule has 1 amide bonds. The standard InChI is InChI=1S/C25H16F3N5O3/c26-25(27,28)17-9-4-8-16(12-17)23(35)30-21-13-19(20-10-5-11-36-20)32-33(21)24-29-18(14-22(34)31-24)15-6-2-1-3-7-15/h1-14H,(H,30,35)(H,29,31,34). The third-order valence-corrected chi connectivity index (χ3v) is 5.18. The van der Waals surface area contributed by atoms with E-state index in [4.69, 9.17) is 4.42 Å². The minimum absolute atomic E-state index is 0.0153. The van der Waals surface area contributed by atoms with Gasteiger partial charge in [-0.2, -0.15) is 23.0 Å². The zero-order valence-electron chi connectivity index (χ0n) is 18.3. The molecule has 0 aliphatic carbocycles. The third kappa shape index (κ3) is 4.67. The fraction of sp³-hybridized carbons (Fsp3) is 0.0400. The van der Waals surface area contributed by atoms with E-state index in [0.29, 0.717) is 22.7 Å². The summed E-state index contributed by atoms with van der Waals surface area (Å²) in [6, 6.07) is 19.0. The summed E-state index contributed by atoms with van der Waals surface area (Å²) in [5, 5.41) is 6.95. The van der Waals surface area contributed by atoms with Gasteiger partial charge in [0.2, 0.25) is 5.95 Å². The van der Waals surface area contributed by atoms with Crippen molar-refractivity contribution in [2.75, 3.05) is 5.32 Å². The highest BCUT2D eigenvalue weighted by Crippen LogP contribution is 2.30. The summed E-state index contributed by atoms with van der Waals surface area (Å²) in [6.07, 6.45) is -3.17. The summed E-state index contributed by atoms with van der Waals surface area (Å²) >= 11 is 0. The van der Waals surface area contributed by atoms with E-state index in [-0.39, 0.29) is 17.3 Å². The maximum absolute atomic E-state index is 13.1. The summed E-state index contributed by atoms with van der Waals surface area (Å²) in [6.45, 7) is 0. The van der Waals surface area contributed by atoms with Crippen LogP contribution in [0.1, 0.15) is 15.9 Å². The highest BCUT2D eigenvalue weighted by molar-refractivity contribution is 6.04. The number of hydrogen-bond acceptors (Lipinski definition) is 5. The van der Waals surface area contributed by atoms with Gasteiger partial charge in [-0.05, 0) is 30.3 Å². The molecule has 3 aromatic heterocycles. The van der Waals surface area contributed by atoms with E-state index in [1.165, 1.54) is 29.1 Å². The SMILES string of the molecule is O=C(Nc1cc(-c2ccco2)nn1-c1nc(-c2ccccc2)cc(=O)[nH]1)c1cccc(C(F)(F)F)c1. The second kappa shape index (κ2) is 9.02. The number of rotatable bonds is 5. The van der Waals surface area contributed by atoms with Crippen LogP contribution in [-0.4, -0.2) is 25.7 Å². The van der Waals surface area contributed by atoms with Gasteiger partial charge in [-0.25, -0.2) is 4.98 Å². The average Bonchev–Trinajstić information content (AvgIpc) is 3.54. The van der Waals surface area contributed by atoms with Gasteiger partial charge in [0, 0.05) is 23.3 Å². The molecule has 3 heterocycles. The smallest absolute Gasteiger partial charge is 0.416 e. The number of furan rings is 1. The van der Waals surface area contributed by atoms with Crippen LogP contribution in [0.3, 0.4) is 0 Å². The van der Waals surface area contributed by atoms with E-state index in [2.05, 4.69) is 20.4 Å². The average molecular weight is 491 g/mol. The van der Waals surface area contributed by atoms with Gasteiger partial charge < -0.3 is 9.73 Å². The minimum atomic E-state index is -4.61. The number of benzene rings is 2. The topological polar surface area (TPSA) is 106 Å². The lowest BCUT2D eigenvalue weighted by Gasteiger charge is -2.11. The number of nitrogens with one attached hydrogen (secondary N) is 2. The number of H-pyrrole nitrogens is 1. The monoisotopic (exact) mass is 491 g/mol. The van der Waals surface area contributed by atoms with Crippen molar-refractivity contribution in [3.63, 3.8) is 0 Å². The van der Waals surface area contributed by atoms with Gasteiger partial charge in [0.05, 0.1) is 17.5 Å². The van der Waals surface area contributed by atoms with Crippen molar-refractivity contribution in [2.45, 2.75) is 6.18 Å². The van der Waals surface area contributed by atoms with Crippen molar-refractivity contribution >= 4 is 11.7 Å². The molecular formula is C25H16F3N5O3. The summed E-state index contributed by atoms with van der Waals surface area (Å²) in [4.78, 5) is 32.4. The van der Waals surface area contributed by atoms with Gasteiger partial charge in [-0.15, -0.1) is 0 Å². The summed E-state index contributed by atoms with van der Waals surface area (Å²) in [7, 11) is 0. The normalized spacial score (nSPS) is 11.4. The van der Waals surface area contributed by atoms with Crippen molar-refractivity contribution < 1.29 is 22.4 Å². The number of amides is 1. The molecule has 5 rings (SSSR count). The Balaban J connectivity index is 1.58. The molecule has 0 radical (unpaired) electrons. The number of halogens is 3. The number of aromatic nitrogens is 4. The Labute approximate surface area is 201 Å². The highest BCUT2D eigenvalue weighted by atomic mass is 19.4. The molecule has 0 atom stereocenters. The Morgan fingerprint density at radius 2 is 1.75 bits per heavy atom. The zero-order valence-corrected chi connectivity index (χ0v) is 18.3. The van der Waals surface area contributed by atoms with E-state index >= 15 is 0 Å². The van der Waals surface area contributed by atoms with Crippen molar-refractivity contribution in [3.05, 3.63) is 107 Å². The second-order valence-corrected chi connectivity index (χ2v) is 7.66. The molecule has 2 aromatic carbocycles. The number of nitrogens with zero attached hydrogens (tertiary/aromatic N) is 3. The molecule has 36 heavy (non-hydrogen) atoms. The molecule has 11 heteroatoms. The molecule has 0 unspecified atom stereocenters. The number of anilines is 1. The van der Waals surface area contributed by atoms with Gasteiger partial charge in [0.15, 0.2) is 5.76 Å². The number of hydrogen-bond donors (Lipinski definition) is 2. The van der Waals surface area contributed by atoms with Crippen LogP contribution in [0.25, 0.3) is 28.7 Å². The quantitative estimate of drug-likeness (QED) is 0.354. The van der Waals surface area contributed by atoms with Gasteiger partial charge in [-0.1, -0.05) is 36.4 Å². The molecule has 0 aliphatic heterocycles. The van der Waals surface area contributed by atoms with Crippen LogP contribution in [0, 0.1) is 0 Å². The number of alkyl halides is 3. The van der Waals surface area contributed by atoms with E-state index in [1.54, 1.807) is 36.4 Å². The molecule has 0 fully saturated rings. The van der Waals surface area contributed by atoms with Gasteiger partial charge in [0.1, 0.15) is 11.5 Å². The molecular weight excluding hydrogens is 475 g/mol. The van der Waals surface area contributed by atoms with E-state index in [0.717, 1.165) is 18.2 Å².